The van der Waals surface area contributed by atoms with Crippen LogP contribution in [0.25, 0.3) is 0 Å². The fourth-order valence-electron chi connectivity index (χ4n) is 2.57. The molecule has 0 radical (unpaired) electrons. The fraction of sp³-hybridized carbons (Fsp3) is 0.636. The Kier molecular flexibility index (Phi) is 10.9. The van der Waals surface area contributed by atoms with Crippen LogP contribution in [0, 0.1) is 10.8 Å². The fourth-order valence-corrected chi connectivity index (χ4v) is 2.57. The Morgan fingerprint density at radius 3 is 1.86 bits per heavy atom. The topological polar surface area (TPSA) is 84.9 Å². The number of aliphatic hydroxyl groups excluding tert-OH is 1. The predicted molar refractivity (Wildman–Crippen MR) is 117 cm³/mol. The van der Waals surface area contributed by atoms with E-state index in [1.54, 1.807) is 25.2 Å². The SMILES string of the molecule is CNC(CO)Cc1ccc(OC(=O)CC(C)(C)C)c(OC(=O)CC(C)(C)C)c1.Cl. The second-order valence-electron chi connectivity index (χ2n) is 9.58. The number of hydrogen-bond acceptors (Lipinski definition) is 6. The van der Waals surface area contributed by atoms with Crippen LogP contribution < -0.4 is 14.8 Å². The molecule has 166 valence electrons. The molecule has 29 heavy (non-hydrogen) atoms. The number of ether oxygens (including phenoxy) is 2. The Balaban J connectivity index is 0.00000784. The maximum Gasteiger partial charge on any atom is 0.311 e. The van der Waals surface area contributed by atoms with E-state index in [4.69, 9.17) is 9.47 Å². The highest BCUT2D eigenvalue weighted by atomic mass is 35.5. The summed E-state index contributed by atoms with van der Waals surface area (Å²) in [7, 11) is 1.77. The number of aliphatic hydroxyl groups is 1. The zero-order valence-corrected chi connectivity index (χ0v) is 19.4. The molecule has 7 heteroatoms. The second kappa shape index (κ2) is 11.5. The van der Waals surface area contributed by atoms with Crippen LogP contribution in [0.3, 0.4) is 0 Å². The molecule has 0 aliphatic carbocycles. The van der Waals surface area contributed by atoms with Crippen molar-refractivity contribution in [1.29, 1.82) is 0 Å². The standard InChI is InChI=1S/C22H35NO5.ClH/c1-21(2,3)12-19(25)27-17-9-8-15(10-16(14-24)23-7)11-18(17)28-20(26)13-22(4,5)6;/h8-9,11,16,23-24H,10,12-14H2,1-7H3;1H. The van der Waals surface area contributed by atoms with E-state index in [2.05, 4.69) is 5.32 Å². The van der Waals surface area contributed by atoms with E-state index in [9.17, 15) is 14.7 Å². The number of hydrogen-bond donors (Lipinski definition) is 2. The number of esters is 2. The normalized spacial score (nSPS) is 12.7. The van der Waals surface area contributed by atoms with Crippen molar-refractivity contribution in [3.8, 4) is 11.5 Å². The molecule has 1 unspecified atom stereocenters. The van der Waals surface area contributed by atoms with Crippen molar-refractivity contribution in [3.05, 3.63) is 23.8 Å². The van der Waals surface area contributed by atoms with Crippen LogP contribution in [0.15, 0.2) is 18.2 Å². The van der Waals surface area contributed by atoms with Crippen molar-refractivity contribution in [2.75, 3.05) is 13.7 Å². The molecular weight excluding hydrogens is 394 g/mol. The molecule has 0 amide bonds. The predicted octanol–water partition coefficient (Wildman–Crippen LogP) is 3.91. The van der Waals surface area contributed by atoms with Crippen LogP contribution in [0.5, 0.6) is 11.5 Å². The summed E-state index contributed by atoms with van der Waals surface area (Å²) in [6.07, 6.45) is 1.03. The van der Waals surface area contributed by atoms with Crippen molar-refractivity contribution < 1.29 is 24.2 Å². The average molecular weight is 430 g/mol. The van der Waals surface area contributed by atoms with E-state index >= 15 is 0 Å². The highest BCUT2D eigenvalue weighted by molar-refractivity contribution is 5.85. The van der Waals surface area contributed by atoms with Crippen molar-refractivity contribution in [2.24, 2.45) is 10.8 Å². The number of likely N-dealkylation sites (N-methyl/N-ethyl adjacent to an activating group) is 1. The van der Waals surface area contributed by atoms with Gasteiger partial charge in [0.15, 0.2) is 11.5 Å². The minimum Gasteiger partial charge on any atom is -0.423 e. The third-order valence-electron chi connectivity index (χ3n) is 3.92. The molecule has 0 bridgehead atoms. The van der Waals surface area contributed by atoms with Gasteiger partial charge in [-0.25, -0.2) is 0 Å². The molecular formula is C22H36ClNO5. The monoisotopic (exact) mass is 429 g/mol. The first-order chi connectivity index (χ1) is 12.8. The van der Waals surface area contributed by atoms with Crippen molar-refractivity contribution in [3.63, 3.8) is 0 Å². The van der Waals surface area contributed by atoms with Gasteiger partial charge in [-0.1, -0.05) is 47.6 Å². The summed E-state index contributed by atoms with van der Waals surface area (Å²) in [5.41, 5.74) is 0.440. The van der Waals surface area contributed by atoms with Gasteiger partial charge in [0, 0.05) is 6.04 Å². The molecule has 0 aromatic heterocycles. The van der Waals surface area contributed by atoms with Crippen LogP contribution in [0.4, 0.5) is 0 Å². The van der Waals surface area contributed by atoms with Crippen LogP contribution >= 0.6 is 12.4 Å². The van der Waals surface area contributed by atoms with Gasteiger partial charge in [0.1, 0.15) is 0 Å². The summed E-state index contributed by atoms with van der Waals surface area (Å²) >= 11 is 0. The largest absolute Gasteiger partial charge is 0.423 e. The third-order valence-corrected chi connectivity index (χ3v) is 3.92. The zero-order valence-electron chi connectivity index (χ0n) is 18.6. The van der Waals surface area contributed by atoms with Crippen molar-refractivity contribution >= 4 is 24.3 Å². The van der Waals surface area contributed by atoms with E-state index in [-0.39, 0.29) is 72.2 Å². The van der Waals surface area contributed by atoms with E-state index in [1.165, 1.54) is 0 Å². The number of halogens is 1. The lowest BCUT2D eigenvalue weighted by Gasteiger charge is -2.20. The molecule has 0 spiro atoms. The van der Waals surface area contributed by atoms with Gasteiger partial charge in [0.25, 0.3) is 0 Å². The highest BCUT2D eigenvalue weighted by Gasteiger charge is 2.22. The van der Waals surface area contributed by atoms with E-state index < -0.39 is 0 Å². The Morgan fingerprint density at radius 1 is 0.966 bits per heavy atom. The average Bonchev–Trinajstić information content (AvgIpc) is 2.51. The first kappa shape index (κ1) is 27.4. The summed E-state index contributed by atoms with van der Waals surface area (Å²) in [6, 6.07) is 5.02. The minimum absolute atomic E-state index is 0. The van der Waals surface area contributed by atoms with Crippen LogP contribution in [-0.2, 0) is 16.0 Å². The van der Waals surface area contributed by atoms with Gasteiger partial charge in [0.05, 0.1) is 19.4 Å². The first-order valence-electron chi connectivity index (χ1n) is 9.65. The molecule has 0 aliphatic heterocycles. The van der Waals surface area contributed by atoms with Gasteiger partial charge in [-0.15, -0.1) is 12.4 Å². The maximum atomic E-state index is 12.3. The molecule has 0 fully saturated rings. The van der Waals surface area contributed by atoms with Crippen molar-refractivity contribution in [2.45, 2.75) is 66.8 Å². The summed E-state index contributed by atoms with van der Waals surface area (Å²) in [6.45, 7) is 11.7. The number of rotatable bonds is 8. The lowest BCUT2D eigenvalue weighted by Crippen LogP contribution is -2.31. The van der Waals surface area contributed by atoms with Crippen LogP contribution in [-0.4, -0.2) is 36.7 Å². The van der Waals surface area contributed by atoms with Crippen LogP contribution in [0.1, 0.15) is 59.9 Å². The molecule has 6 nitrogen and oxygen atoms in total. The summed E-state index contributed by atoms with van der Waals surface area (Å²) in [4.78, 5) is 24.6. The number of carbonyl (C=O) groups excluding carboxylic acids is 2. The number of benzene rings is 1. The Bertz CT molecular complexity index is 673. The van der Waals surface area contributed by atoms with Crippen molar-refractivity contribution in [1.82, 2.24) is 5.32 Å². The maximum absolute atomic E-state index is 12.3. The van der Waals surface area contributed by atoms with Gasteiger partial charge >= 0.3 is 11.9 Å². The Hall–Kier alpha value is -1.63. The molecule has 0 heterocycles. The smallest absolute Gasteiger partial charge is 0.311 e. The Labute approximate surface area is 180 Å². The molecule has 1 atom stereocenters. The first-order valence-corrected chi connectivity index (χ1v) is 9.65. The molecule has 1 aromatic rings. The summed E-state index contributed by atoms with van der Waals surface area (Å²) in [5, 5.41) is 12.4. The zero-order chi connectivity index (χ0) is 21.5. The molecule has 0 saturated heterocycles. The number of nitrogens with one attached hydrogen (secondary N) is 1. The van der Waals surface area contributed by atoms with E-state index in [1.807, 2.05) is 41.5 Å². The molecule has 0 aliphatic rings. The van der Waals surface area contributed by atoms with E-state index in [0.29, 0.717) is 6.42 Å². The highest BCUT2D eigenvalue weighted by Crippen LogP contribution is 2.32. The molecule has 0 saturated carbocycles. The van der Waals surface area contributed by atoms with E-state index in [0.717, 1.165) is 5.56 Å². The molecule has 1 aromatic carbocycles. The minimum atomic E-state index is -0.384. The molecule has 1 rings (SSSR count). The summed E-state index contributed by atoms with van der Waals surface area (Å²) < 4.78 is 11.0. The molecule has 2 N–H and O–H groups in total. The van der Waals surface area contributed by atoms with Gasteiger partial charge < -0.3 is 19.9 Å². The van der Waals surface area contributed by atoms with Gasteiger partial charge in [-0.3, -0.25) is 9.59 Å². The van der Waals surface area contributed by atoms with Gasteiger partial charge in [0.2, 0.25) is 0 Å². The van der Waals surface area contributed by atoms with Crippen LogP contribution in [0.2, 0.25) is 0 Å². The summed E-state index contributed by atoms with van der Waals surface area (Å²) in [5.74, 6) is -0.311. The number of carbonyl (C=O) groups is 2. The van der Waals surface area contributed by atoms with Gasteiger partial charge in [-0.05, 0) is 42.0 Å². The lowest BCUT2D eigenvalue weighted by atomic mass is 9.92. The quantitative estimate of drug-likeness (QED) is 0.481. The third kappa shape index (κ3) is 11.2. The lowest BCUT2D eigenvalue weighted by molar-refractivity contribution is -0.139. The van der Waals surface area contributed by atoms with Gasteiger partial charge in [-0.2, -0.15) is 0 Å². The Morgan fingerprint density at radius 2 is 1.45 bits per heavy atom. The second-order valence-corrected chi connectivity index (χ2v) is 9.58.